The average molecular weight is 193 g/mol. The highest BCUT2D eigenvalue weighted by Crippen LogP contribution is 2.30. The van der Waals surface area contributed by atoms with Crippen LogP contribution in [0.1, 0.15) is 44.9 Å². The first-order chi connectivity index (χ1) is 6.88. The molecule has 0 aromatic heterocycles. The lowest BCUT2D eigenvalue weighted by Gasteiger charge is -2.38. The van der Waals surface area contributed by atoms with Crippen LogP contribution in [0.2, 0.25) is 0 Å². The standard InChI is InChI=1S/C13H23N/c1-14-11-7-6-10-13(14)12-8-4-2-3-5-9-12/h2-3,12-13H,4-11H2,1H3. The van der Waals surface area contributed by atoms with Crippen LogP contribution in [0.4, 0.5) is 0 Å². The van der Waals surface area contributed by atoms with E-state index in [0.29, 0.717) is 0 Å². The van der Waals surface area contributed by atoms with Crippen LogP contribution < -0.4 is 0 Å². The third-order valence-corrected chi connectivity index (χ3v) is 3.95. The van der Waals surface area contributed by atoms with Gasteiger partial charge in [0.2, 0.25) is 0 Å². The molecule has 0 saturated carbocycles. The second-order valence-corrected chi connectivity index (χ2v) is 4.93. The molecule has 0 radical (unpaired) electrons. The third-order valence-electron chi connectivity index (χ3n) is 3.95. The van der Waals surface area contributed by atoms with Crippen molar-refractivity contribution >= 4 is 0 Å². The van der Waals surface area contributed by atoms with Gasteiger partial charge in [0.15, 0.2) is 0 Å². The van der Waals surface area contributed by atoms with Gasteiger partial charge in [-0.15, -0.1) is 0 Å². The maximum absolute atomic E-state index is 2.61. The van der Waals surface area contributed by atoms with E-state index in [0.717, 1.165) is 12.0 Å². The van der Waals surface area contributed by atoms with Crippen molar-refractivity contribution in [3.05, 3.63) is 12.2 Å². The van der Waals surface area contributed by atoms with E-state index in [9.17, 15) is 0 Å². The van der Waals surface area contributed by atoms with Gasteiger partial charge < -0.3 is 4.90 Å². The fourth-order valence-corrected chi connectivity index (χ4v) is 3.08. The Labute approximate surface area is 88.2 Å². The Bertz CT molecular complexity index is 187. The Morgan fingerprint density at radius 2 is 1.71 bits per heavy atom. The van der Waals surface area contributed by atoms with Crippen molar-refractivity contribution in [3.8, 4) is 0 Å². The van der Waals surface area contributed by atoms with Crippen molar-refractivity contribution in [2.24, 2.45) is 5.92 Å². The predicted octanol–water partition coefficient (Wildman–Crippen LogP) is 3.22. The number of hydrogen-bond donors (Lipinski definition) is 0. The van der Waals surface area contributed by atoms with E-state index in [2.05, 4.69) is 24.1 Å². The molecular formula is C13H23N. The van der Waals surface area contributed by atoms with Gasteiger partial charge in [-0.05, 0) is 58.0 Å². The molecule has 1 nitrogen and oxygen atoms in total. The zero-order valence-corrected chi connectivity index (χ0v) is 9.41. The van der Waals surface area contributed by atoms with Gasteiger partial charge in [-0.1, -0.05) is 18.6 Å². The quantitative estimate of drug-likeness (QED) is 0.578. The van der Waals surface area contributed by atoms with Crippen LogP contribution >= 0.6 is 0 Å². The van der Waals surface area contributed by atoms with E-state index >= 15 is 0 Å². The number of rotatable bonds is 1. The van der Waals surface area contributed by atoms with Crippen molar-refractivity contribution in [3.63, 3.8) is 0 Å². The maximum Gasteiger partial charge on any atom is 0.0121 e. The fraction of sp³-hybridized carbons (Fsp3) is 0.846. The molecule has 1 fully saturated rings. The fourth-order valence-electron chi connectivity index (χ4n) is 3.08. The lowest BCUT2D eigenvalue weighted by Crippen LogP contribution is -2.41. The molecule has 14 heavy (non-hydrogen) atoms. The van der Waals surface area contributed by atoms with Crippen LogP contribution in [0, 0.1) is 5.92 Å². The summed E-state index contributed by atoms with van der Waals surface area (Å²) in [6, 6.07) is 0.892. The van der Waals surface area contributed by atoms with Gasteiger partial charge in [-0.3, -0.25) is 0 Å². The normalized spacial score (nSPS) is 31.6. The molecule has 80 valence electrons. The summed E-state index contributed by atoms with van der Waals surface area (Å²) >= 11 is 0. The summed E-state index contributed by atoms with van der Waals surface area (Å²) in [7, 11) is 2.32. The zero-order valence-electron chi connectivity index (χ0n) is 9.41. The van der Waals surface area contributed by atoms with Crippen molar-refractivity contribution in [1.29, 1.82) is 0 Å². The van der Waals surface area contributed by atoms with Gasteiger partial charge >= 0.3 is 0 Å². The van der Waals surface area contributed by atoms with Crippen molar-refractivity contribution < 1.29 is 0 Å². The Morgan fingerprint density at radius 3 is 2.36 bits per heavy atom. The summed E-state index contributed by atoms with van der Waals surface area (Å²) in [6.07, 6.45) is 14.5. The largest absolute Gasteiger partial charge is 0.303 e. The molecule has 1 aliphatic carbocycles. The van der Waals surface area contributed by atoms with Gasteiger partial charge in [0.1, 0.15) is 0 Å². The van der Waals surface area contributed by atoms with E-state index in [1.807, 2.05) is 0 Å². The molecule has 2 rings (SSSR count). The smallest absolute Gasteiger partial charge is 0.0121 e. The SMILES string of the molecule is CN1CCCCC1C1CCC=CCC1. The number of allylic oxidation sites excluding steroid dienone is 2. The molecule has 1 atom stereocenters. The van der Waals surface area contributed by atoms with Gasteiger partial charge in [-0.2, -0.15) is 0 Å². The van der Waals surface area contributed by atoms with Crippen LogP contribution in [0.3, 0.4) is 0 Å². The topological polar surface area (TPSA) is 3.24 Å². The molecule has 1 aliphatic heterocycles. The van der Waals surface area contributed by atoms with E-state index in [4.69, 9.17) is 0 Å². The molecule has 1 heteroatoms. The van der Waals surface area contributed by atoms with E-state index in [-0.39, 0.29) is 0 Å². The summed E-state index contributed by atoms with van der Waals surface area (Å²) in [4.78, 5) is 2.61. The Balaban J connectivity index is 1.91. The number of likely N-dealkylation sites (tertiary alicyclic amines) is 1. The van der Waals surface area contributed by atoms with E-state index in [1.165, 1.54) is 51.5 Å². The highest BCUT2D eigenvalue weighted by molar-refractivity contribution is 4.91. The monoisotopic (exact) mass is 193 g/mol. The van der Waals surface area contributed by atoms with Crippen LogP contribution in [0.25, 0.3) is 0 Å². The summed E-state index contributed by atoms with van der Waals surface area (Å²) < 4.78 is 0. The summed E-state index contributed by atoms with van der Waals surface area (Å²) in [5.41, 5.74) is 0. The minimum absolute atomic E-state index is 0.892. The zero-order chi connectivity index (χ0) is 9.80. The highest BCUT2D eigenvalue weighted by Gasteiger charge is 2.26. The first-order valence-electron chi connectivity index (χ1n) is 6.23. The lowest BCUT2D eigenvalue weighted by atomic mass is 9.85. The van der Waals surface area contributed by atoms with Crippen LogP contribution in [-0.4, -0.2) is 24.5 Å². The maximum atomic E-state index is 2.61. The summed E-state index contributed by atoms with van der Waals surface area (Å²) in [5, 5.41) is 0. The molecule has 0 bridgehead atoms. The molecule has 1 heterocycles. The van der Waals surface area contributed by atoms with Crippen molar-refractivity contribution in [1.82, 2.24) is 4.90 Å². The summed E-state index contributed by atoms with van der Waals surface area (Å²) in [5.74, 6) is 0.968. The first-order valence-corrected chi connectivity index (χ1v) is 6.23. The highest BCUT2D eigenvalue weighted by atomic mass is 15.1. The minimum Gasteiger partial charge on any atom is -0.303 e. The molecular weight excluding hydrogens is 170 g/mol. The van der Waals surface area contributed by atoms with E-state index < -0.39 is 0 Å². The van der Waals surface area contributed by atoms with Crippen LogP contribution in [-0.2, 0) is 0 Å². The van der Waals surface area contributed by atoms with Crippen molar-refractivity contribution in [2.75, 3.05) is 13.6 Å². The van der Waals surface area contributed by atoms with Crippen LogP contribution in [0.5, 0.6) is 0 Å². The third kappa shape index (κ3) is 2.38. The second kappa shape index (κ2) is 4.97. The molecule has 0 amide bonds. The Hall–Kier alpha value is -0.300. The number of piperidine rings is 1. The van der Waals surface area contributed by atoms with Gasteiger partial charge in [0.25, 0.3) is 0 Å². The molecule has 0 N–H and O–H groups in total. The van der Waals surface area contributed by atoms with Gasteiger partial charge in [-0.25, -0.2) is 0 Å². The van der Waals surface area contributed by atoms with Crippen molar-refractivity contribution in [2.45, 2.75) is 51.0 Å². The molecule has 1 unspecified atom stereocenters. The molecule has 0 aromatic carbocycles. The lowest BCUT2D eigenvalue weighted by molar-refractivity contribution is 0.120. The molecule has 2 aliphatic rings. The van der Waals surface area contributed by atoms with Crippen LogP contribution in [0.15, 0.2) is 12.2 Å². The van der Waals surface area contributed by atoms with E-state index in [1.54, 1.807) is 0 Å². The molecule has 0 aromatic rings. The first kappa shape index (κ1) is 10.2. The summed E-state index contributed by atoms with van der Waals surface area (Å²) in [6.45, 7) is 1.33. The predicted molar refractivity (Wildman–Crippen MR) is 61.4 cm³/mol. The second-order valence-electron chi connectivity index (χ2n) is 4.93. The Kier molecular flexibility index (Phi) is 3.63. The number of nitrogens with zero attached hydrogens (tertiary/aromatic N) is 1. The number of hydrogen-bond acceptors (Lipinski definition) is 1. The van der Waals surface area contributed by atoms with Gasteiger partial charge in [0.05, 0.1) is 0 Å². The van der Waals surface area contributed by atoms with Gasteiger partial charge in [0, 0.05) is 6.04 Å². The molecule has 0 spiro atoms. The Morgan fingerprint density at radius 1 is 1.00 bits per heavy atom. The molecule has 1 saturated heterocycles. The average Bonchev–Trinajstić information content (AvgIpc) is 2.47. The minimum atomic E-state index is 0.892.